The van der Waals surface area contributed by atoms with Gasteiger partial charge in [0.05, 0.1) is 13.7 Å². The highest BCUT2D eigenvalue weighted by Crippen LogP contribution is 2.28. The molecule has 0 aromatic heterocycles. The monoisotopic (exact) mass is 352 g/mol. The van der Waals surface area contributed by atoms with E-state index in [1.807, 2.05) is 0 Å². The van der Waals surface area contributed by atoms with Crippen LogP contribution in [0.4, 0.5) is 13.2 Å². The second kappa shape index (κ2) is 6.66. The molecule has 1 heterocycles. The van der Waals surface area contributed by atoms with E-state index in [9.17, 15) is 21.6 Å². The Bertz CT molecular complexity index is 654. The molecule has 1 saturated heterocycles. The molecule has 1 aromatic rings. The first kappa shape index (κ1) is 18.0. The molecular formula is C14H19F3N2O3S. The van der Waals surface area contributed by atoms with E-state index in [4.69, 9.17) is 4.74 Å². The van der Waals surface area contributed by atoms with Gasteiger partial charge in [0.15, 0.2) is 0 Å². The number of alkyl halides is 3. The number of hydrogen-bond donors (Lipinski definition) is 0. The Hall–Kier alpha value is -1.32. The topological polar surface area (TPSA) is 49.9 Å². The summed E-state index contributed by atoms with van der Waals surface area (Å²) in [6.07, 6.45) is -4.28. The second-order valence-electron chi connectivity index (χ2n) is 5.45. The first-order valence-corrected chi connectivity index (χ1v) is 8.51. The Balaban J connectivity index is 2.15. The van der Waals surface area contributed by atoms with Crippen LogP contribution in [0.1, 0.15) is 5.56 Å². The van der Waals surface area contributed by atoms with Crippen molar-refractivity contribution in [3.8, 4) is 5.75 Å². The van der Waals surface area contributed by atoms with Crippen LogP contribution in [-0.4, -0.2) is 63.6 Å². The second-order valence-corrected chi connectivity index (χ2v) is 7.36. The molecule has 9 heteroatoms. The van der Waals surface area contributed by atoms with Crippen LogP contribution in [0.25, 0.3) is 0 Å². The van der Waals surface area contributed by atoms with Crippen LogP contribution < -0.4 is 4.74 Å². The largest absolute Gasteiger partial charge is 0.495 e. The zero-order valence-corrected chi connectivity index (χ0v) is 13.7. The quantitative estimate of drug-likeness (QED) is 0.830. The third kappa shape index (κ3) is 4.36. The molecule has 0 aliphatic carbocycles. The Labute approximate surface area is 133 Å². The van der Waals surface area contributed by atoms with Gasteiger partial charge in [-0.05, 0) is 24.6 Å². The maximum absolute atomic E-state index is 12.7. The number of sulfonamides is 1. The first-order valence-electron chi connectivity index (χ1n) is 7.07. The number of nitrogens with zero attached hydrogens (tertiary/aromatic N) is 2. The Morgan fingerprint density at radius 1 is 1.17 bits per heavy atom. The van der Waals surface area contributed by atoms with Crippen LogP contribution in [0.15, 0.2) is 23.1 Å². The van der Waals surface area contributed by atoms with Gasteiger partial charge in [0.25, 0.3) is 0 Å². The van der Waals surface area contributed by atoms with Gasteiger partial charge in [-0.1, -0.05) is 6.07 Å². The number of benzene rings is 1. The smallest absolute Gasteiger partial charge is 0.401 e. The van der Waals surface area contributed by atoms with Crippen molar-refractivity contribution in [2.75, 3.05) is 39.8 Å². The fourth-order valence-corrected chi connectivity index (χ4v) is 4.17. The van der Waals surface area contributed by atoms with Crippen LogP contribution in [0.5, 0.6) is 5.75 Å². The van der Waals surface area contributed by atoms with E-state index in [1.165, 1.54) is 22.4 Å². The number of ether oxygens (including phenoxy) is 1. The van der Waals surface area contributed by atoms with Crippen LogP contribution in [0.2, 0.25) is 0 Å². The first-order chi connectivity index (χ1) is 10.6. The lowest BCUT2D eigenvalue weighted by molar-refractivity contribution is -0.148. The highest BCUT2D eigenvalue weighted by molar-refractivity contribution is 7.89. The van der Waals surface area contributed by atoms with E-state index < -0.39 is 22.7 Å². The van der Waals surface area contributed by atoms with Gasteiger partial charge in [-0.2, -0.15) is 17.5 Å². The molecular weight excluding hydrogens is 333 g/mol. The Morgan fingerprint density at radius 2 is 1.78 bits per heavy atom. The molecule has 1 fully saturated rings. The third-order valence-corrected chi connectivity index (χ3v) is 5.59. The molecule has 130 valence electrons. The van der Waals surface area contributed by atoms with Gasteiger partial charge in [0, 0.05) is 26.2 Å². The van der Waals surface area contributed by atoms with Gasteiger partial charge in [-0.25, -0.2) is 8.42 Å². The molecule has 0 amide bonds. The summed E-state index contributed by atoms with van der Waals surface area (Å²) >= 11 is 0. The zero-order valence-electron chi connectivity index (χ0n) is 12.9. The molecule has 2 rings (SSSR count). The lowest BCUT2D eigenvalue weighted by Gasteiger charge is -2.34. The van der Waals surface area contributed by atoms with Crippen molar-refractivity contribution in [3.05, 3.63) is 23.8 Å². The normalized spacial score (nSPS) is 18.1. The molecule has 0 atom stereocenters. The van der Waals surface area contributed by atoms with Crippen LogP contribution >= 0.6 is 0 Å². The predicted octanol–water partition coefficient (Wildman–Crippen LogP) is 1.87. The SMILES string of the molecule is COc1ccc(C)cc1S(=O)(=O)N1CCN(CC(F)(F)F)CC1. The van der Waals surface area contributed by atoms with Gasteiger partial charge >= 0.3 is 6.18 Å². The summed E-state index contributed by atoms with van der Waals surface area (Å²) in [6.45, 7) is 0.888. The van der Waals surface area contributed by atoms with Crippen molar-refractivity contribution in [3.63, 3.8) is 0 Å². The van der Waals surface area contributed by atoms with E-state index in [-0.39, 0.29) is 36.8 Å². The summed E-state index contributed by atoms with van der Waals surface area (Å²) in [4.78, 5) is 1.25. The van der Waals surface area contributed by atoms with Gasteiger partial charge in [0.1, 0.15) is 10.6 Å². The average Bonchev–Trinajstić information content (AvgIpc) is 2.46. The Morgan fingerprint density at radius 3 is 2.30 bits per heavy atom. The summed E-state index contributed by atoms with van der Waals surface area (Å²) in [6, 6.07) is 4.82. The number of hydrogen-bond acceptors (Lipinski definition) is 4. The van der Waals surface area contributed by atoms with Crippen molar-refractivity contribution < 1.29 is 26.3 Å². The van der Waals surface area contributed by atoms with Crippen LogP contribution in [0, 0.1) is 6.92 Å². The minimum absolute atomic E-state index is 0.0233. The van der Waals surface area contributed by atoms with Gasteiger partial charge in [0.2, 0.25) is 10.0 Å². The van der Waals surface area contributed by atoms with Crippen molar-refractivity contribution in [1.82, 2.24) is 9.21 Å². The van der Waals surface area contributed by atoms with Crippen molar-refractivity contribution in [2.45, 2.75) is 18.0 Å². The molecule has 1 aliphatic rings. The molecule has 0 unspecified atom stereocenters. The standard InChI is InChI=1S/C14H19F3N2O3S/c1-11-3-4-12(22-2)13(9-11)23(20,21)19-7-5-18(6-8-19)10-14(15,16)17/h3-4,9H,5-8,10H2,1-2H3. The van der Waals surface area contributed by atoms with Gasteiger partial charge in [-0.15, -0.1) is 0 Å². The number of rotatable bonds is 4. The number of halogens is 3. The van der Waals surface area contributed by atoms with E-state index >= 15 is 0 Å². The zero-order chi connectivity index (χ0) is 17.3. The summed E-state index contributed by atoms with van der Waals surface area (Å²) in [7, 11) is -2.41. The van der Waals surface area contributed by atoms with Crippen LogP contribution in [-0.2, 0) is 10.0 Å². The van der Waals surface area contributed by atoms with E-state index in [2.05, 4.69) is 0 Å². The molecule has 23 heavy (non-hydrogen) atoms. The fourth-order valence-electron chi connectivity index (χ4n) is 2.51. The molecule has 5 nitrogen and oxygen atoms in total. The summed E-state index contributed by atoms with van der Waals surface area (Å²) < 4.78 is 68.9. The summed E-state index contributed by atoms with van der Waals surface area (Å²) in [5.41, 5.74) is 0.764. The molecule has 0 N–H and O–H groups in total. The number of aryl methyl sites for hydroxylation is 1. The average molecular weight is 352 g/mol. The molecule has 1 aliphatic heterocycles. The maximum Gasteiger partial charge on any atom is 0.401 e. The molecule has 0 radical (unpaired) electrons. The Kier molecular flexibility index (Phi) is 5.22. The lowest BCUT2D eigenvalue weighted by atomic mass is 10.2. The van der Waals surface area contributed by atoms with Gasteiger partial charge < -0.3 is 4.74 Å². The highest BCUT2D eigenvalue weighted by atomic mass is 32.2. The molecule has 0 spiro atoms. The molecule has 0 bridgehead atoms. The summed E-state index contributed by atoms with van der Waals surface area (Å²) in [5, 5.41) is 0. The minimum atomic E-state index is -4.28. The van der Waals surface area contributed by atoms with Crippen molar-refractivity contribution in [1.29, 1.82) is 0 Å². The van der Waals surface area contributed by atoms with Crippen molar-refractivity contribution >= 4 is 10.0 Å². The number of methoxy groups -OCH3 is 1. The van der Waals surface area contributed by atoms with Gasteiger partial charge in [-0.3, -0.25) is 4.90 Å². The van der Waals surface area contributed by atoms with E-state index in [1.54, 1.807) is 19.1 Å². The molecule has 1 aromatic carbocycles. The number of piperazine rings is 1. The van der Waals surface area contributed by atoms with Crippen molar-refractivity contribution in [2.24, 2.45) is 0 Å². The summed E-state index contributed by atoms with van der Waals surface area (Å²) in [5.74, 6) is 0.230. The van der Waals surface area contributed by atoms with E-state index in [0.29, 0.717) is 0 Å². The lowest BCUT2D eigenvalue weighted by Crippen LogP contribution is -2.50. The van der Waals surface area contributed by atoms with Crippen LogP contribution in [0.3, 0.4) is 0 Å². The minimum Gasteiger partial charge on any atom is -0.495 e. The fraction of sp³-hybridized carbons (Fsp3) is 0.571. The highest BCUT2D eigenvalue weighted by Gasteiger charge is 2.35. The third-order valence-electron chi connectivity index (χ3n) is 3.67. The van der Waals surface area contributed by atoms with E-state index in [0.717, 1.165) is 5.56 Å². The predicted molar refractivity (Wildman–Crippen MR) is 79.0 cm³/mol. The maximum atomic E-state index is 12.7. The molecule has 0 saturated carbocycles.